The summed E-state index contributed by atoms with van der Waals surface area (Å²) >= 11 is 0. The van der Waals surface area contributed by atoms with Crippen molar-refractivity contribution in [1.82, 2.24) is 4.90 Å². The summed E-state index contributed by atoms with van der Waals surface area (Å²) in [6, 6.07) is 8.04. The summed E-state index contributed by atoms with van der Waals surface area (Å²) in [4.78, 5) is 39.4. The predicted octanol–water partition coefficient (Wildman–Crippen LogP) is 1.37. The first-order chi connectivity index (χ1) is 15.6. The molecule has 1 aliphatic heterocycles. The van der Waals surface area contributed by atoms with E-state index in [4.69, 9.17) is 15.2 Å². The number of rotatable bonds is 9. The van der Waals surface area contributed by atoms with Gasteiger partial charge in [0.1, 0.15) is 9.84 Å². The summed E-state index contributed by atoms with van der Waals surface area (Å²) in [7, 11) is -2.16. The zero-order chi connectivity index (χ0) is 24.3. The topological polar surface area (TPSA) is 145 Å². The van der Waals surface area contributed by atoms with Crippen molar-refractivity contribution in [2.24, 2.45) is 5.73 Å². The van der Waals surface area contributed by atoms with Gasteiger partial charge in [0.2, 0.25) is 5.91 Å². The van der Waals surface area contributed by atoms with E-state index < -0.39 is 39.4 Å². The van der Waals surface area contributed by atoms with Crippen LogP contribution in [0.5, 0.6) is 11.5 Å². The Balaban J connectivity index is 2.12. The van der Waals surface area contributed by atoms with Crippen molar-refractivity contribution in [1.29, 1.82) is 0 Å². The minimum atomic E-state index is -3.62. The Hall–Kier alpha value is -3.44. The van der Waals surface area contributed by atoms with Crippen LogP contribution in [0.25, 0.3) is 0 Å². The second-order valence-corrected chi connectivity index (χ2v) is 9.60. The van der Waals surface area contributed by atoms with Crippen LogP contribution >= 0.6 is 0 Å². The van der Waals surface area contributed by atoms with Gasteiger partial charge in [-0.1, -0.05) is 12.1 Å². The lowest BCUT2D eigenvalue weighted by atomic mass is 10.1. The van der Waals surface area contributed by atoms with E-state index in [1.54, 1.807) is 25.1 Å². The smallest absolute Gasteiger partial charge is 0.264 e. The molecule has 3 amide bonds. The molecular weight excluding hydrogens is 450 g/mol. The van der Waals surface area contributed by atoms with Crippen LogP contribution in [0.15, 0.2) is 36.4 Å². The van der Waals surface area contributed by atoms with Crippen LogP contribution in [0.3, 0.4) is 0 Å². The fourth-order valence-electron chi connectivity index (χ4n) is 3.67. The van der Waals surface area contributed by atoms with Crippen LogP contribution in [0.1, 0.15) is 39.2 Å². The molecule has 2 aromatic carbocycles. The first-order valence-corrected chi connectivity index (χ1v) is 12.2. The third-order valence-corrected chi connectivity index (χ3v) is 5.97. The van der Waals surface area contributed by atoms with Gasteiger partial charge in [-0.3, -0.25) is 19.3 Å². The van der Waals surface area contributed by atoms with Gasteiger partial charge in [0.05, 0.1) is 48.9 Å². The number of methoxy groups -OCH3 is 1. The largest absolute Gasteiger partial charge is 0.493 e. The summed E-state index contributed by atoms with van der Waals surface area (Å²) < 4.78 is 35.4. The number of carbonyl (C=O) groups excluding carboxylic acids is 3. The van der Waals surface area contributed by atoms with Gasteiger partial charge in [0.15, 0.2) is 11.5 Å². The van der Waals surface area contributed by atoms with Crippen molar-refractivity contribution < 1.29 is 32.3 Å². The highest BCUT2D eigenvalue weighted by atomic mass is 32.2. The summed E-state index contributed by atoms with van der Waals surface area (Å²) in [5, 5.41) is 2.51. The van der Waals surface area contributed by atoms with E-state index >= 15 is 0 Å². The molecule has 3 rings (SSSR count). The van der Waals surface area contributed by atoms with E-state index in [0.29, 0.717) is 23.7 Å². The van der Waals surface area contributed by atoms with Crippen molar-refractivity contribution in [2.75, 3.05) is 37.6 Å². The number of nitrogens with zero attached hydrogens (tertiary/aromatic N) is 1. The van der Waals surface area contributed by atoms with Crippen LogP contribution in [0, 0.1) is 0 Å². The summed E-state index contributed by atoms with van der Waals surface area (Å²) in [6.07, 6.45) is 1.03. The Morgan fingerprint density at radius 3 is 2.48 bits per heavy atom. The van der Waals surface area contributed by atoms with E-state index in [1.165, 1.54) is 25.3 Å². The number of nitrogens with two attached hydrogens (primary N) is 1. The number of imide groups is 1. The molecule has 0 saturated heterocycles. The number of fused-ring (bicyclic) bond motifs is 1. The second kappa shape index (κ2) is 9.59. The molecule has 11 heteroatoms. The highest BCUT2D eigenvalue weighted by molar-refractivity contribution is 7.90. The third kappa shape index (κ3) is 4.99. The molecular formula is C22H25N3O7S. The zero-order valence-corrected chi connectivity index (χ0v) is 19.3. The molecule has 2 aromatic rings. The van der Waals surface area contributed by atoms with E-state index in [1.807, 2.05) is 0 Å². The summed E-state index contributed by atoms with van der Waals surface area (Å²) in [5.74, 6) is -1.64. The lowest BCUT2D eigenvalue weighted by Crippen LogP contribution is -2.37. The molecule has 0 bridgehead atoms. The van der Waals surface area contributed by atoms with Gasteiger partial charge in [-0.25, -0.2) is 8.42 Å². The number of sulfone groups is 1. The lowest BCUT2D eigenvalue weighted by molar-refractivity contribution is -0.114. The summed E-state index contributed by atoms with van der Waals surface area (Å²) in [5.41, 5.74) is 5.91. The Labute approximate surface area is 191 Å². The second-order valence-electron chi connectivity index (χ2n) is 7.41. The monoisotopic (exact) mass is 475 g/mol. The Kier molecular flexibility index (Phi) is 7.04. The molecule has 33 heavy (non-hydrogen) atoms. The van der Waals surface area contributed by atoms with Gasteiger partial charge < -0.3 is 20.5 Å². The third-order valence-electron chi connectivity index (χ3n) is 5.05. The molecule has 0 fully saturated rings. The minimum Gasteiger partial charge on any atom is -0.493 e. The molecule has 0 radical (unpaired) electrons. The molecule has 1 aliphatic rings. The zero-order valence-electron chi connectivity index (χ0n) is 18.5. The highest BCUT2D eigenvalue weighted by Crippen LogP contribution is 2.38. The molecule has 0 aliphatic carbocycles. The number of ether oxygens (including phenoxy) is 2. The van der Waals surface area contributed by atoms with Crippen molar-refractivity contribution in [3.63, 3.8) is 0 Å². The van der Waals surface area contributed by atoms with E-state index in [-0.39, 0.29) is 23.4 Å². The van der Waals surface area contributed by atoms with Gasteiger partial charge in [0.25, 0.3) is 11.8 Å². The first kappa shape index (κ1) is 24.2. The molecule has 0 aromatic heterocycles. The summed E-state index contributed by atoms with van der Waals surface area (Å²) in [6.45, 7) is 1.80. The average Bonchev–Trinajstić information content (AvgIpc) is 3.02. The predicted molar refractivity (Wildman–Crippen MR) is 121 cm³/mol. The van der Waals surface area contributed by atoms with Gasteiger partial charge in [0, 0.05) is 6.26 Å². The van der Waals surface area contributed by atoms with Crippen molar-refractivity contribution in [3.05, 3.63) is 53.1 Å². The number of hydrogen-bond acceptors (Lipinski definition) is 8. The van der Waals surface area contributed by atoms with Crippen LogP contribution < -0.4 is 20.5 Å². The van der Waals surface area contributed by atoms with Crippen molar-refractivity contribution >= 4 is 33.2 Å². The minimum absolute atomic E-state index is 0.0126. The van der Waals surface area contributed by atoms with Crippen LogP contribution in [-0.2, 0) is 14.6 Å². The van der Waals surface area contributed by atoms with Crippen molar-refractivity contribution in [2.45, 2.75) is 13.0 Å². The Bertz CT molecular complexity index is 1210. The molecule has 0 spiro atoms. The van der Waals surface area contributed by atoms with Gasteiger partial charge in [-0.2, -0.15) is 0 Å². The van der Waals surface area contributed by atoms with Crippen LogP contribution in [-0.4, -0.2) is 63.3 Å². The molecule has 0 saturated carbocycles. The molecule has 176 valence electrons. The van der Waals surface area contributed by atoms with E-state index in [9.17, 15) is 22.8 Å². The Morgan fingerprint density at radius 1 is 1.15 bits per heavy atom. The van der Waals surface area contributed by atoms with Gasteiger partial charge in [-0.15, -0.1) is 0 Å². The quantitative estimate of drug-likeness (QED) is 0.517. The number of hydrogen-bond donors (Lipinski definition) is 2. The van der Waals surface area contributed by atoms with Gasteiger partial charge >= 0.3 is 0 Å². The number of anilines is 1. The lowest BCUT2D eigenvalue weighted by Gasteiger charge is -2.27. The fourth-order valence-corrected chi connectivity index (χ4v) is 4.58. The maximum Gasteiger partial charge on any atom is 0.264 e. The van der Waals surface area contributed by atoms with Crippen LogP contribution in [0.2, 0.25) is 0 Å². The van der Waals surface area contributed by atoms with E-state index in [2.05, 4.69) is 5.32 Å². The maximum atomic E-state index is 13.4. The number of carbonyl (C=O) groups is 3. The highest BCUT2D eigenvalue weighted by Gasteiger charge is 2.43. The number of benzene rings is 2. The fraction of sp³-hybridized carbons (Fsp3) is 0.318. The maximum absolute atomic E-state index is 13.4. The average molecular weight is 476 g/mol. The normalized spacial score (nSPS) is 14.1. The number of nitrogens with one attached hydrogen (secondary N) is 1. The Morgan fingerprint density at radius 2 is 1.88 bits per heavy atom. The molecule has 1 atom stereocenters. The van der Waals surface area contributed by atoms with Crippen molar-refractivity contribution in [3.8, 4) is 11.5 Å². The molecule has 10 nitrogen and oxygen atoms in total. The number of amides is 3. The van der Waals surface area contributed by atoms with Gasteiger partial charge in [-0.05, 0) is 36.8 Å². The van der Waals surface area contributed by atoms with Crippen LogP contribution in [0.4, 0.5) is 5.69 Å². The molecule has 1 unspecified atom stereocenters. The molecule has 3 N–H and O–H groups in total. The first-order valence-electron chi connectivity index (χ1n) is 10.1. The standard InChI is InChI=1S/C22H25N3O7S/c1-4-32-18-10-13(8-9-17(18)31-2)16(12-33(3,29)30)25-21(27)14-6-5-7-15(20(14)22(25)28)24-19(26)11-23/h5-10,16H,4,11-12,23H2,1-3H3,(H,24,26). The molecule has 1 heterocycles. The van der Waals surface area contributed by atoms with E-state index in [0.717, 1.165) is 11.2 Å². The SMILES string of the molecule is CCOc1cc(C(CS(C)(=O)=O)N2C(=O)c3cccc(NC(=O)CN)c3C2=O)ccc1OC.